The van der Waals surface area contributed by atoms with Crippen LogP contribution >= 0.6 is 0 Å². The fourth-order valence-corrected chi connectivity index (χ4v) is 4.99. The number of nitrogens with zero attached hydrogens (tertiary/aromatic N) is 1. The van der Waals surface area contributed by atoms with E-state index in [1.54, 1.807) is 7.11 Å². The van der Waals surface area contributed by atoms with Crippen molar-refractivity contribution in [1.29, 1.82) is 0 Å². The molecular formula is C28H37NO3. The minimum atomic E-state index is -0.156. The van der Waals surface area contributed by atoms with Gasteiger partial charge in [0.1, 0.15) is 18.1 Å². The number of allylic oxidation sites excluding steroid dienone is 1. The first-order valence-electron chi connectivity index (χ1n) is 11.9. The second-order valence-electron chi connectivity index (χ2n) is 9.76. The summed E-state index contributed by atoms with van der Waals surface area (Å²) in [6.45, 7) is 9.99. The van der Waals surface area contributed by atoms with Crippen LogP contribution in [0.1, 0.15) is 55.9 Å². The minimum Gasteiger partial charge on any atom is -0.496 e. The van der Waals surface area contributed by atoms with Crippen molar-refractivity contribution in [3.05, 3.63) is 64.2 Å². The van der Waals surface area contributed by atoms with Crippen molar-refractivity contribution in [2.75, 3.05) is 26.7 Å². The lowest BCUT2D eigenvalue weighted by atomic mass is 9.86. The Labute approximate surface area is 192 Å². The number of β-amino-alcohol motifs (C(OH)–C–C–N with tert-alkyl or cyclic N) is 1. The molecule has 0 saturated carbocycles. The van der Waals surface area contributed by atoms with Crippen molar-refractivity contribution in [2.45, 2.75) is 59.2 Å². The Morgan fingerprint density at radius 2 is 1.97 bits per heavy atom. The van der Waals surface area contributed by atoms with Crippen LogP contribution in [0.5, 0.6) is 11.5 Å². The third kappa shape index (κ3) is 5.36. The fraction of sp³-hybridized carbons (Fsp3) is 0.500. The highest BCUT2D eigenvalue weighted by molar-refractivity contribution is 5.72. The maximum Gasteiger partial charge on any atom is 0.125 e. The highest BCUT2D eigenvalue weighted by Gasteiger charge is 2.23. The average molecular weight is 436 g/mol. The maximum absolute atomic E-state index is 9.82. The predicted octanol–water partition coefficient (Wildman–Crippen LogP) is 5.26. The van der Waals surface area contributed by atoms with E-state index in [1.807, 2.05) is 0 Å². The van der Waals surface area contributed by atoms with Gasteiger partial charge < -0.3 is 14.6 Å². The summed E-state index contributed by atoms with van der Waals surface area (Å²) in [4.78, 5) is 2.38. The zero-order valence-electron chi connectivity index (χ0n) is 20.0. The van der Waals surface area contributed by atoms with Gasteiger partial charge in [-0.2, -0.15) is 0 Å². The monoisotopic (exact) mass is 435 g/mol. The summed E-state index contributed by atoms with van der Waals surface area (Å²) in [6.07, 6.45) is 3.92. The van der Waals surface area contributed by atoms with Gasteiger partial charge >= 0.3 is 0 Å². The lowest BCUT2D eigenvalue weighted by Crippen LogP contribution is -2.26. The van der Waals surface area contributed by atoms with Gasteiger partial charge in [-0.25, -0.2) is 0 Å². The molecule has 1 saturated heterocycles. The maximum atomic E-state index is 9.82. The van der Waals surface area contributed by atoms with Gasteiger partial charge in [0.05, 0.1) is 13.2 Å². The molecule has 4 nitrogen and oxygen atoms in total. The molecule has 4 heteroatoms. The number of aliphatic hydroxyl groups is 1. The molecule has 0 aromatic heterocycles. The van der Waals surface area contributed by atoms with E-state index >= 15 is 0 Å². The van der Waals surface area contributed by atoms with E-state index in [9.17, 15) is 5.11 Å². The molecule has 1 aliphatic carbocycles. The Morgan fingerprint density at radius 3 is 2.69 bits per heavy atom. The summed E-state index contributed by atoms with van der Waals surface area (Å²) < 4.78 is 11.8. The molecule has 2 aromatic rings. The lowest BCUT2D eigenvalue weighted by Gasteiger charge is -2.25. The summed E-state index contributed by atoms with van der Waals surface area (Å²) in [5.41, 5.74) is 7.98. The van der Waals surface area contributed by atoms with Crippen LogP contribution in [0.2, 0.25) is 0 Å². The molecule has 1 heterocycles. The molecule has 1 atom stereocenters. The zero-order valence-corrected chi connectivity index (χ0v) is 20.0. The average Bonchev–Trinajstić information content (AvgIpc) is 3.19. The molecule has 0 unspecified atom stereocenters. The molecule has 2 aromatic carbocycles. The van der Waals surface area contributed by atoms with E-state index in [2.05, 4.69) is 62.1 Å². The van der Waals surface area contributed by atoms with Gasteiger partial charge in [0, 0.05) is 25.2 Å². The van der Waals surface area contributed by atoms with Gasteiger partial charge in [0.25, 0.3) is 0 Å². The van der Waals surface area contributed by atoms with Gasteiger partial charge in [-0.3, -0.25) is 4.90 Å². The van der Waals surface area contributed by atoms with Crippen LogP contribution in [-0.4, -0.2) is 42.9 Å². The Balaban J connectivity index is 1.43. The van der Waals surface area contributed by atoms with E-state index in [1.165, 1.54) is 27.8 Å². The predicted molar refractivity (Wildman–Crippen MR) is 130 cm³/mol. The largest absolute Gasteiger partial charge is 0.496 e. The van der Waals surface area contributed by atoms with Crippen LogP contribution in [0, 0.1) is 5.92 Å². The number of hydrogen-bond donors (Lipinski definition) is 1. The number of ether oxygens (including phenoxy) is 2. The topological polar surface area (TPSA) is 41.9 Å². The van der Waals surface area contributed by atoms with Crippen molar-refractivity contribution in [1.82, 2.24) is 4.90 Å². The van der Waals surface area contributed by atoms with Crippen LogP contribution in [-0.2, 0) is 19.4 Å². The number of aliphatic hydroxyl groups excluding tert-OH is 1. The van der Waals surface area contributed by atoms with Gasteiger partial charge in [-0.15, -0.1) is 0 Å². The normalized spacial score (nSPS) is 18.9. The number of rotatable bonds is 8. The SMILES string of the molecule is COc1cc(CC(C)C)ccc1COc1ccc2c(c1)CCC(CN1CC[C@@H](O)C1)=C2C. The molecule has 0 radical (unpaired) electrons. The molecule has 1 fully saturated rings. The first kappa shape index (κ1) is 22.9. The van der Waals surface area contributed by atoms with Crippen molar-refractivity contribution in [2.24, 2.45) is 5.92 Å². The summed E-state index contributed by atoms with van der Waals surface area (Å²) in [6, 6.07) is 13.0. The smallest absolute Gasteiger partial charge is 0.125 e. The first-order valence-corrected chi connectivity index (χ1v) is 11.9. The van der Waals surface area contributed by atoms with E-state index in [-0.39, 0.29) is 6.10 Å². The fourth-order valence-electron chi connectivity index (χ4n) is 4.99. The van der Waals surface area contributed by atoms with Crippen LogP contribution in [0.4, 0.5) is 0 Å². The molecule has 1 aliphatic heterocycles. The summed E-state index contributed by atoms with van der Waals surface area (Å²) in [7, 11) is 1.73. The molecular weight excluding hydrogens is 398 g/mol. The van der Waals surface area contributed by atoms with E-state index < -0.39 is 0 Å². The van der Waals surface area contributed by atoms with E-state index in [4.69, 9.17) is 9.47 Å². The Hall–Kier alpha value is -2.30. The van der Waals surface area contributed by atoms with Crippen LogP contribution in [0.25, 0.3) is 5.57 Å². The molecule has 2 aliphatic rings. The number of benzene rings is 2. The van der Waals surface area contributed by atoms with E-state index in [0.717, 1.165) is 62.4 Å². The third-order valence-corrected chi connectivity index (χ3v) is 6.76. The number of hydrogen-bond acceptors (Lipinski definition) is 4. The van der Waals surface area contributed by atoms with Gasteiger partial charge in [0.15, 0.2) is 0 Å². The second-order valence-corrected chi connectivity index (χ2v) is 9.76. The molecule has 4 rings (SSSR count). The van der Waals surface area contributed by atoms with E-state index in [0.29, 0.717) is 12.5 Å². The summed E-state index contributed by atoms with van der Waals surface area (Å²) in [5.74, 6) is 2.44. The molecule has 0 amide bonds. The number of likely N-dealkylation sites (tertiary alicyclic amines) is 1. The first-order chi connectivity index (χ1) is 15.4. The molecule has 0 spiro atoms. The lowest BCUT2D eigenvalue weighted by molar-refractivity contribution is 0.179. The van der Waals surface area contributed by atoms with Crippen LogP contribution in [0.15, 0.2) is 42.0 Å². The number of aryl methyl sites for hydroxylation is 1. The van der Waals surface area contributed by atoms with Crippen LogP contribution in [0.3, 0.4) is 0 Å². The minimum absolute atomic E-state index is 0.156. The highest BCUT2D eigenvalue weighted by Crippen LogP contribution is 2.34. The standard InChI is InChI=1S/C28H37NO3/c1-19(2)13-21-5-6-24(28(14-21)31-4)18-32-26-9-10-27-20(3)23(8-7-22(27)15-26)16-29-12-11-25(30)17-29/h5-6,9-10,14-15,19,25,30H,7-8,11-13,16-18H2,1-4H3/t25-/m1/s1. The number of methoxy groups -OCH3 is 1. The Morgan fingerprint density at radius 1 is 1.12 bits per heavy atom. The molecule has 172 valence electrons. The summed E-state index contributed by atoms with van der Waals surface area (Å²) >= 11 is 0. The van der Waals surface area contributed by atoms with Crippen molar-refractivity contribution < 1.29 is 14.6 Å². The van der Waals surface area contributed by atoms with Crippen molar-refractivity contribution >= 4 is 5.57 Å². The van der Waals surface area contributed by atoms with Crippen molar-refractivity contribution in [3.8, 4) is 11.5 Å². The number of fused-ring (bicyclic) bond motifs is 1. The second kappa shape index (κ2) is 10.1. The van der Waals surface area contributed by atoms with Gasteiger partial charge in [-0.05, 0) is 79.0 Å². The molecule has 0 bridgehead atoms. The van der Waals surface area contributed by atoms with Crippen molar-refractivity contribution in [3.63, 3.8) is 0 Å². The Bertz CT molecular complexity index is 979. The third-order valence-electron chi connectivity index (χ3n) is 6.76. The Kier molecular flexibility index (Phi) is 7.22. The highest BCUT2D eigenvalue weighted by atomic mass is 16.5. The zero-order chi connectivity index (χ0) is 22.7. The van der Waals surface area contributed by atoms with Gasteiger partial charge in [-0.1, -0.05) is 37.6 Å². The van der Waals surface area contributed by atoms with Crippen LogP contribution < -0.4 is 9.47 Å². The molecule has 32 heavy (non-hydrogen) atoms. The summed E-state index contributed by atoms with van der Waals surface area (Å²) in [5, 5.41) is 9.82. The van der Waals surface area contributed by atoms with Gasteiger partial charge in [0.2, 0.25) is 0 Å². The quantitative estimate of drug-likeness (QED) is 0.614. The molecule has 1 N–H and O–H groups in total.